The zero-order valence-corrected chi connectivity index (χ0v) is 13.9. The molecular weight excluding hydrogens is 350 g/mol. The fourth-order valence-electron chi connectivity index (χ4n) is 3.01. The summed E-state index contributed by atoms with van der Waals surface area (Å²) in [7, 11) is 0. The summed E-state index contributed by atoms with van der Waals surface area (Å²) in [6.45, 7) is 1.28. The second-order valence-electron chi connectivity index (χ2n) is 5.78. The molecule has 5 amide bonds. The molecule has 0 aromatic heterocycles. The first-order valence-corrected chi connectivity index (χ1v) is 8.00. The highest BCUT2D eigenvalue weighted by atomic mass is 35.5. The van der Waals surface area contributed by atoms with Crippen LogP contribution in [0.25, 0.3) is 0 Å². The molecule has 2 atom stereocenters. The molecule has 1 aromatic carbocycles. The third-order valence-corrected chi connectivity index (χ3v) is 4.45. The summed E-state index contributed by atoms with van der Waals surface area (Å²) in [5.74, 6) is -2.80. The number of hydrogen-bond acceptors (Lipinski definition) is 5. The van der Waals surface area contributed by atoms with Gasteiger partial charge in [-0.25, -0.2) is 0 Å². The van der Waals surface area contributed by atoms with Gasteiger partial charge in [-0.15, -0.1) is 0 Å². The molecule has 0 radical (unpaired) electrons. The fourth-order valence-corrected chi connectivity index (χ4v) is 3.34. The van der Waals surface area contributed by atoms with Crippen molar-refractivity contribution in [1.29, 1.82) is 0 Å². The van der Waals surface area contributed by atoms with Crippen molar-refractivity contribution in [2.24, 2.45) is 0 Å². The number of piperidine rings is 1. The van der Waals surface area contributed by atoms with Crippen LogP contribution in [0.4, 0.5) is 0 Å². The van der Waals surface area contributed by atoms with E-state index >= 15 is 0 Å². The number of halogens is 1. The summed E-state index contributed by atoms with van der Waals surface area (Å²) >= 11 is 6.14. The standard InChI is InChI=1S/C16H14ClN3O5/c1-7(21)18-13(17)8-3-2-4-9-12(8)16(25)20(15(9)24)10-5-6-11(22)19-14(10)23/h2-4,10,13H,5-6H2,1H3,(H,18,21)(H,19,22,23). The highest BCUT2D eigenvalue weighted by Crippen LogP contribution is 2.33. The highest BCUT2D eigenvalue weighted by Gasteiger charge is 2.46. The van der Waals surface area contributed by atoms with Crippen LogP contribution < -0.4 is 10.6 Å². The molecule has 2 heterocycles. The maximum Gasteiger partial charge on any atom is 0.262 e. The van der Waals surface area contributed by atoms with Gasteiger partial charge >= 0.3 is 0 Å². The van der Waals surface area contributed by atoms with Crippen molar-refractivity contribution in [2.75, 3.05) is 0 Å². The first kappa shape index (κ1) is 17.1. The SMILES string of the molecule is CC(=O)NC(Cl)c1cccc2c1C(=O)N(C1CCC(=O)NC1=O)C2=O. The Morgan fingerprint density at radius 1 is 1.28 bits per heavy atom. The zero-order chi connectivity index (χ0) is 18.3. The monoisotopic (exact) mass is 363 g/mol. The second kappa shape index (κ2) is 6.29. The van der Waals surface area contributed by atoms with Crippen LogP contribution in [0.3, 0.4) is 0 Å². The van der Waals surface area contributed by atoms with Gasteiger partial charge < -0.3 is 5.32 Å². The fraction of sp³-hybridized carbons (Fsp3) is 0.312. The van der Waals surface area contributed by atoms with E-state index in [1.807, 2.05) is 0 Å². The van der Waals surface area contributed by atoms with Crippen molar-refractivity contribution < 1.29 is 24.0 Å². The van der Waals surface area contributed by atoms with Crippen molar-refractivity contribution >= 4 is 41.1 Å². The smallest absolute Gasteiger partial charge is 0.262 e. The van der Waals surface area contributed by atoms with Crippen LogP contribution in [-0.4, -0.2) is 40.5 Å². The van der Waals surface area contributed by atoms with Crippen molar-refractivity contribution in [2.45, 2.75) is 31.3 Å². The molecule has 1 saturated heterocycles. The summed E-state index contributed by atoms with van der Waals surface area (Å²) in [4.78, 5) is 60.8. The number of imide groups is 2. The van der Waals surface area contributed by atoms with Crippen LogP contribution in [0.1, 0.15) is 51.5 Å². The molecular formula is C16H14ClN3O5. The number of benzene rings is 1. The lowest BCUT2D eigenvalue weighted by Crippen LogP contribution is -2.54. The maximum atomic E-state index is 12.8. The summed E-state index contributed by atoms with van der Waals surface area (Å²) in [6.07, 6.45) is 0.113. The largest absolute Gasteiger partial charge is 0.336 e. The van der Waals surface area contributed by atoms with Gasteiger partial charge in [-0.3, -0.25) is 34.2 Å². The molecule has 0 bridgehead atoms. The van der Waals surface area contributed by atoms with E-state index in [1.165, 1.54) is 19.1 Å². The molecule has 2 N–H and O–H groups in total. The van der Waals surface area contributed by atoms with Crippen molar-refractivity contribution in [1.82, 2.24) is 15.5 Å². The Morgan fingerprint density at radius 3 is 2.64 bits per heavy atom. The minimum atomic E-state index is -1.05. The molecule has 3 rings (SSSR count). The van der Waals surface area contributed by atoms with Gasteiger partial charge in [0.05, 0.1) is 11.1 Å². The normalized spacial score (nSPS) is 21.0. The Bertz CT molecular complexity index is 822. The number of alkyl halides is 1. The maximum absolute atomic E-state index is 12.8. The molecule has 25 heavy (non-hydrogen) atoms. The van der Waals surface area contributed by atoms with Gasteiger partial charge in [-0.2, -0.15) is 0 Å². The molecule has 2 aliphatic rings. The molecule has 9 heteroatoms. The summed E-state index contributed by atoms with van der Waals surface area (Å²) < 4.78 is 0. The Labute approximate surface area is 147 Å². The van der Waals surface area contributed by atoms with Gasteiger partial charge in [0.15, 0.2) is 0 Å². The molecule has 130 valence electrons. The van der Waals surface area contributed by atoms with E-state index in [9.17, 15) is 24.0 Å². The van der Waals surface area contributed by atoms with E-state index in [0.29, 0.717) is 0 Å². The average Bonchev–Trinajstić information content (AvgIpc) is 2.79. The van der Waals surface area contributed by atoms with E-state index in [2.05, 4.69) is 10.6 Å². The molecule has 0 aliphatic carbocycles. The lowest BCUT2D eigenvalue weighted by Gasteiger charge is -2.27. The predicted molar refractivity (Wildman–Crippen MR) is 85.5 cm³/mol. The first-order valence-electron chi connectivity index (χ1n) is 7.57. The van der Waals surface area contributed by atoms with Crippen LogP contribution >= 0.6 is 11.6 Å². The van der Waals surface area contributed by atoms with Crippen molar-refractivity contribution in [3.63, 3.8) is 0 Å². The predicted octanol–water partition coefficient (Wildman–Crippen LogP) is 0.461. The van der Waals surface area contributed by atoms with E-state index in [1.54, 1.807) is 6.07 Å². The first-order chi connectivity index (χ1) is 11.8. The second-order valence-corrected chi connectivity index (χ2v) is 6.22. The average molecular weight is 364 g/mol. The van der Waals surface area contributed by atoms with Gasteiger partial charge in [-0.1, -0.05) is 23.7 Å². The number of amides is 5. The van der Waals surface area contributed by atoms with Crippen LogP contribution in [0.5, 0.6) is 0 Å². The number of nitrogens with zero attached hydrogens (tertiary/aromatic N) is 1. The van der Waals surface area contributed by atoms with Crippen LogP contribution in [-0.2, 0) is 14.4 Å². The zero-order valence-electron chi connectivity index (χ0n) is 13.2. The highest BCUT2D eigenvalue weighted by molar-refractivity contribution is 6.26. The van der Waals surface area contributed by atoms with Crippen LogP contribution in [0.2, 0.25) is 0 Å². The third kappa shape index (κ3) is 2.89. The molecule has 2 unspecified atom stereocenters. The Balaban J connectivity index is 1.98. The summed E-state index contributed by atoms with van der Waals surface area (Å²) in [6, 6.07) is 3.49. The van der Waals surface area contributed by atoms with E-state index in [4.69, 9.17) is 11.6 Å². The van der Waals surface area contributed by atoms with E-state index in [0.717, 1.165) is 4.90 Å². The number of carbonyl (C=O) groups excluding carboxylic acids is 5. The molecule has 0 saturated carbocycles. The number of nitrogens with one attached hydrogen (secondary N) is 2. The molecule has 2 aliphatic heterocycles. The van der Waals surface area contributed by atoms with Crippen LogP contribution in [0.15, 0.2) is 18.2 Å². The Hall–Kier alpha value is -2.74. The lowest BCUT2D eigenvalue weighted by molar-refractivity contribution is -0.136. The Morgan fingerprint density at radius 2 is 2.00 bits per heavy atom. The van der Waals surface area contributed by atoms with Gasteiger partial charge in [0, 0.05) is 18.9 Å². The number of fused-ring (bicyclic) bond motifs is 1. The number of hydrogen-bond donors (Lipinski definition) is 2. The summed E-state index contributed by atoms with van der Waals surface area (Å²) in [5, 5.41) is 4.58. The molecule has 8 nitrogen and oxygen atoms in total. The lowest BCUT2D eigenvalue weighted by atomic mass is 10.0. The topological polar surface area (TPSA) is 113 Å². The quantitative estimate of drug-likeness (QED) is 0.460. The van der Waals surface area contributed by atoms with Crippen molar-refractivity contribution in [3.8, 4) is 0 Å². The molecule has 0 spiro atoms. The molecule has 1 fully saturated rings. The van der Waals surface area contributed by atoms with Gasteiger partial charge in [0.2, 0.25) is 17.7 Å². The number of carbonyl (C=O) groups is 5. The Kier molecular flexibility index (Phi) is 4.30. The van der Waals surface area contributed by atoms with Gasteiger partial charge in [-0.05, 0) is 12.5 Å². The van der Waals surface area contributed by atoms with Crippen molar-refractivity contribution in [3.05, 3.63) is 34.9 Å². The van der Waals surface area contributed by atoms with E-state index < -0.39 is 41.1 Å². The third-order valence-electron chi connectivity index (χ3n) is 4.10. The van der Waals surface area contributed by atoms with Gasteiger partial charge in [0.1, 0.15) is 11.5 Å². The number of rotatable bonds is 3. The minimum Gasteiger partial charge on any atom is -0.336 e. The minimum absolute atomic E-state index is 0.0424. The summed E-state index contributed by atoms with van der Waals surface area (Å²) in [5.41, 5.74) is -0.539. The molecule has 1 aromatic rings. The van der Waals surface area contributed by atoms with Crippen LogP contribution in [0, 0.1) is 0 Å². The van der Waals surface area contributed by atoms with Gasteiger partial charge in [0.25, 0.3) is 11.8 Å². The van der Waals surface area contributed by atoms with E-state index in [-0.39, 0.29) is 29.5 Å².